The normalized spacial score (nSPS) is 18.6. The Bertz CT molecular complexity index is 614. The molecule has 2 heterocycles. The van der Waals surface area contributed by atoms with Crippen LogP contribution in [0.2, 0.25) is 0 Å². The van der Waals surface area contributed by atoms with E-state index in [-0.39, 0.29) is 11.7 Å². The van der Waals surface area contributed by atoms with Crippen LogP contribution in [0.25, 0.3) is 0 Å². The molecule has 0 aliphatic heterocycles. The summed E-state index contributed by atoms with van der Waals surface area (Å²) in [5.74, 6) is 0.791. The van der Waals surface area contributed by atoms with E-state index in [1.165, 1.54) is 6.26 Å². The summed E-state index contributed by atoms with van der Waals surface area (Å²) in [6.45, 7) is 1.77. The molecule has 1 atom stereocenters. The maximum atomic E-state index is 11.9. The molecule has 0 bridgehead atoms. The van der Waals surface area contributed by atoms with E-state index < -0.39 is 11.6 Å². The van der Waals surface area contributed by atoms with E-state index in [4.69, 9.17) is 14.7 Å². The molecule has 112 valence electrons. The molecular weight excluding hydrogens is 272 g/mol. The number of rotatable bonds is 4. The van der Waals surface area contributed by atoms with Gasteiger partial charge < -0.3 is 20.0 Å². The van der Waals surface area contributed by atoms with Gasteiger partial charge in [-0.25, -0.2) is 0 Å². The predicted molar refractivity (Wildman–Crippen MR) is 73.2 cm³/mol. The maximum Gasteiger partial charge on any atom is 0.287 e. The minimum atomic E-state index is -0.494. The molecule has 2 aromatic heterocycles. The number of amides is 1. The Morgan fingerprint density at radius 3 is 2.90 bits per heavy atom. The lowest BCUT2D eigenvalue weighted by atomic mass is 9.99. The van der Waals surface area contributed by atoms with Crippen molar-refractivity contribution in [2.75, 3.05) is 0 Å². The van der Waals surface area contributed by atoms with Gasteiger partial charge in [-0.05, 0) is 31.9 Å². The van der Waals surface area contributed by atoms with E-state index >= 15 is 0 Å². The van der Waals surface area contributed by atoms with Crippen LogP contribution in [0.1, 0.15) is 60.9 Å². The van der Waals surface area contributed by atoms with E-state index in [2.05, 4.69) is 15.5 Å². The van der Waals surface area contributed by atoms with Crippen LogP contribution < -0.4 is 11.1 Å². The van der Waals surface area contributed by atoms with Crippen LogP contribution in [-0.2, 0) is 5.54 Å². The average Bonchev–Trinajstić information content (AvgIpc) is 3.20. The van der Waals surface area contributed by atoms with Crippen LogP contribution in [0.15, 0.2) is 27.3 Å². The lowest BCUT2D eigenvalue weighted by molar-refractivity contribution is 0.0904. The molecule has 1 unspecified atom stereocenters. The van der Waals surface area contributed by atoms with Gasteiger partial charge in [0.05, 0.1) is 11.8 Å². The summed E-state index contributed by atoms with van der Waals surface area (Å²) in [4.78, 5) is 16.2. The maximum absolute atomic E-state index is 11.9. The summed E-state index contributed by atoms with van der Waals surface area (Å²) in [5.41, 5.74) is 5.79. The molecule has 7 heteroatoms. The largest absolute Gasteiger partial charge is 0.459 e. The van der Waals surface area contributed by atoms with E-state index in [1.807, 2.05) is 0 Å². The number of carbonyl (C=O) groups excluding carboxylic acids is 1. The number of hydrogen-bond donors (Lipinski definition) is 2. The third-order valence-corrected chi connectivity index (χ3v) is 3.85. The molecule has 0 spiro atoms. The van der Waals surface area contributed by atoms with Crippen LogP contribution in [0.4, 0.5) is 0 Å². The number of furan rings is 1. The highest BCUT2D eigenvalue weighted by Crippen LogP contribution is 2.34. The fraction of sp³-hybridized carbons (Fsp3) is 0.500. The third-order valence-electron chi connectivity index (χ3n) is 3.85. The molecule has 0 saturated heterocycles. The van der Waals surface area contributed by atoms with Gasteiger partial charge in [-0.1, -0.05) is 18.0 Å². The van der Waals surface area contributed by atoms with Gasteiger partial charge in [-0.15, -0.1) is 0 Å². The molecule has 7 nitrogen and oxygen atoms in total. The quantitative estimate of drug-likeness (QED) is 0.890. The number of carbonyl (C=O) groups is 1. The highest BCUT2D eigenvalue weighted by molar-refractivity contribution is 5.91. The smallest absolute Gasteiger partial charge is 0.287 e. The second kappa shape index (κ2) is 5.33. The molecule has 0 radical (unpaired) electrons. The SMILES string of the molecule is CC(NC(=O)c1ccco1)c1nc(C2(N)CCCC2)no1. The van der Waals surface area contributed by atoms with Crippen LogP contribution in [0, 0.1) is 0 Å². The van der Waals surface area contributed by atoms with Gasteiger partial charge in [-0.2, -0.15) is 4.98 Å². The average molecular weight is 290 g/mol. The van der Waals surface area contributed by atoms with Gasteiger partial charge in [0.15, 0.2) is 11.6 Å². The molecule has 1 fully saturated rings. The molecule has 0 aromatic carbocycles. The lowest BCUT2D eigenvalue weighted by Crippen LogP contribution is -2.34. The Hall–Kier alpha value is -2.15. The van der Waals surface area contributed by atoms with Crippen LogP contribution in [-0.4, -0.2) is 16.0 Å². The first-order valence-corrected chi connectivity index (χ1v) is 7.06. The van der Waals surface area contributed by atoms with Crippen molar-refractivity contribution in [1.29, 1.82) is 0 Å². The van der Waals surface area contributed by atoms with E-state index in [9.17, 15) is 4.79 Å². The second-order valence-corrected chi connectivity index (χ2v) is 5.49. The molecule has 1 aliphatic carbocycles. The summed E-state index contributed by atoms with van der Waals surface area (Å²) in [5, 5.41) is 6.72. The molecule has 1 saturated carbocycles. The summed E-state index contributed by atoms with van der Waals surface area (Å²) < 4.78 is 10.3. The third kappa shape index (κ3) is 2.69. The van der Waals surface area contributed by atoms with Crippen molar-refractivity contribution in [1.82, 2.24) is 15.5 Å². The minimum absolute atomic E-state index is 0.243. The van der Waals surface area contributed by atoms with Crippen molar-refractivity contribution in [3.8, 4) is 0 Å². The summed E-state index contributed by atoms with van der Waals surface area (Å²) in [7, 11) is 0. The second-order valence-electron chi connectivity index (χ2n) is 5.49. The van der Waals surface area contributed by atoms with Crippen molar-refractivity contribution < 1.29 is 13.7 Å². The standard InChI is InChI=1S/C14H18N4O3/c1-9(16-11(19)10-5-4-8-20-10)12-17-13(18-21-12)14(15)6-2-3-7-14/h4-5,8-9H,2-3,6-7,15H2,1H3,(H,16,19). The van der Waals surface area contributed by atoms with E-state index in [0.717, 1.165) is 25.7 Å². The van der Waals surface area contributed by atoms with Gasteiger partial charge in [0, 0.05) is 0 Å². The summed E-state index contributed by atoms with van der Waals surface area (Å²) >= 11 is 0. The molecule has 3 N–H and O–H groups in total. The lowest BCUT2D eigenvalue weighted by Gasteiger charge is -2.17. The van der Waals surface area contributed by atoms with Crippen molar-refractivity contribution >= 4 is 5.91 Å². The molecule has 21 heavy (non-hydrogen) atoms. The highest BCUT2D eigenvalue weighted by Gasteiger charge is 2.36. The molecule has 1 amide bonds. The zero-order valence-electron chi connectivity index (χ0n) is 11.8. The zero-order chi connectivity index (χ0) is 14.9. The highest BCUT2D eigenvalue weighted by atomic mass is 16.5. The number of nitrogens with two attached hydrogens (primary N) is 1. The molecule has 1 aliphatic rings. The van der Waals surface area contributed by atoms with Crippen molar-refractivity contribution in [2.24, 2.45) is 5.73 Å². The monoisotopic (exact) mass is 290 g/mol. The minimum Gasteiger partial charge on any atom is -0.459 e. The Labute approximate surface area is 121 Å². The van der Waals surface area contributed by atoms with Crippen LogP contribution in [0.5, 0.6) is 0 Å². The number of nitrogens with zero attached hydrogens (tertiary/aromatic N) is 2. The first-order chi connectivity index (χ1) is 10.1. The van der Waals surface area contributed by atoms with E-state index in [1.54, 1.807) is 19.1 Å². The fourth-order valence-electron chi connectivity index (χ4n) is 2.58. The Morgan fingerprint density at radius 1 is 1.48 bits per heavy atom. The number of nitrogens with one attached hydrogen (secondary N) is 1. The predicted octanol–water partition coefficient (Wildman–Crippen LogP) is 1.88. The van der Waals surface area contributed by atoms with Gasteiger partial charge in [0.25, 0.3) is 5.91 Å². The summed E-state index contributed by atoms with van der Waals surface area (Å²) in [6, 6.07) is 2.84. The summed E-state index contributed by atoms with van der Waals surface area (Å²) in [6.07, 6.45) is 5.32. The molecular formula is C14H18N4O3. The van der Waals surface area contributed by atoms with Crippen LogP contribution in [0.3, 0.4) is 0 Å². The first kappa shape index (κ1) is 13.8. The van der Waals surface area contributed by atoms with Crippen molar-refractivity contribution in [3.63, 3.8) is 0 Å². The molecule has 3 rings (SSSR count). The fourth-order valence-corrected chi connectivity index (χ4v) is 2.58. The van der Waals surface area contributed by atoms with Gasteiger partial charge in [-0.3, -0.25) is 4.79 Å². The first-order valence-electron chi connectivity index (χ1n) is 7.06. The van der Waals surface area contributed by atoms with Gasteiger partial charge in [0.2, 0.25) is 5.89 Å². The number of hydrogen-bond acceptors (Lipinski definition) is 6. The van der Waals surface area contributed by atoms with E-state index in [0.29, 0.717) is 11.7 Å². The Kier molecular flexibility index (Phi) is 3.50. The Morgan fingerprint density at radius 2 is 2.24 bits per heavy atom. The zero-order valence-corrected chi connectivity index (χ0v) is 11.8. The topological polar surface area (TPSA) is 107 Å². The van der Waals surface area contributed by atoms with Crippen molar-refractivity contribution in [3.05, 3.63) is 35.9 Å². The molecule has 2 aromatic rings. The van der Waals surface area contributed by atoms with Gasteiger partial charge in [0.1, 0.15) is 6.04 Å². The van der Waals surface area contributed by atoms with Crippen LogP contribution >= 0.6 is 0 Å². The van der Waals surface area contributed by atoms with Crippen molar-refractivity contribution in [2.45, 2.75) is 44.2 Å². The number of aromatic nitrogens is 2. The van der Waals surface area contributed by atoms with Gasteiger partial charge >= 0.3 is 0 Å². The Balaban J connectivity index is 1.69.